The number of anilines is 3. The molecule has 0 fully saturated rings. The first-order valence-electron chi connectivity index (χ1n) is 8.59. The van der Waals surface area contributed by atoms with E-state index < -0.39 is 0 Å². The maximum absolute atomic E-state index is 12.3. The first kappa shape index (κ1) is 18.6. The normalized spacial score (nSPS) is 10.3. The average Bonchev–Trinajstić information content (AvgIpc) is 3.09. The Bertz CT molecular complexity index is 924. The molecular formula is C20H20N4O2S. The fourth-order valence-corrected chi connectivity index (χ4v) is 3.24. The number of hydrogen-bond acceptors (Lipinski definition) is 4. The van der Waals surface area contributed by atoms with Gasteiger partial charge in [-0.2, -0.15) is 0 Å². The van der Waals surface area contributed by atoms with Gasteiger partial charge in [0.1, 0.15) is 0 Å². The first-order valence-corrected chi connectivity index (χ1v) is 9.47. The molecule has 138 valence electrons. The van der Waals surface area contributed by atoms with E-state index in [1.807, 2.05) is 49.4 Å². The van der Waals surface area contributed by atoms with Gasteiger partial charge in [0.15, 0.2) is 5.13 Å². The van der Waals surface area contributed by atoms with Gasteiger partial charge >= 0.3 is 6.03 Å². The van der Waals surface area contributed by atoms with E-state index in [1.54, 1.807) is 17.5 Å². The minimum atomic E-state index is -0.372. The van der Waals surface area contributed by atoms with Crippen LogP contribution in [0.2, 0.25) is 0 Å². The van der Waals surface area contributed by atoms with E-state index in [0.717, 1.165) is 17.7 Å². The van der Waals surface area contributed by atoms with Crippen molar-refractivity contribution in [2.75, 3.05) is 16.0 Å². The standard InChI is InChI=1S/C20H20N4O2S/c1-2-14-8-6-7-11-17(14)23-18(25)12-16-13-27-20(22-16)24-19(26)21-15-9-4-3-5-10-15/h3-11,13H,2,12H2,1H3,(H,23,25)(H2,21,22,24,26). The van der Waals surface area contributed by atoms with Gasteiger partial charge in [-0.05, 0) is 30.2 Å². The summed E-state index contributed by atoms with van der Waals surface area (Å²) in [7, 11) is 0. The fourth-order valence-electron chi connectivity index (χ4n) is 2.54. The van der Waals surface area contributed by atoms with Gasteiger partial charge in [0.25, 0.3) is 0 Å². The maximum atomic E-state index is 12.3. The molecule has 0 bridgehead atoms. The molecule has 0 aliphatic rings. The van der Waals surface area contributed by atoms with Crippen LogP contribution >= 0.6 is 11.3 Å². The monoisotopic (exact) mass is 380 g/mol. The number of nitrogens with zero attached hydrogens (tertiary/aromatic N) is 1. The van der Waals surface area contributed by atoms with E-state index in [4.69, 9.17) is 0 Å². The minimum absolute atomic E-state index is 0.138. The molecular weight excluding hydrogens is 360 g/mol. The van der Waals surface area contributed by atoms with Gasteiger partial charge in [-0.1, -0.05) is 43.3 Å². The summed E-state index contributed by atoms with van der Waals surface area (Å²) in [5.74, 6) is -0.138. The molecule has 0 atom stereocenters. The van der Waals surface area contributed by atoms with Crippen LogP contribution in [0.3, 0.4) is 0 Å². The molecule has 2 aromatic carbocycles. The number of aromatic nitrogens is 1. The summed E-state index contributed by atoms with van der Waals surface area (Å²) in [6.45, 7) is 2.05. The zero-order valence-corrected chi connectivity index (χ0v) is 15.7. The molecule has 27 heavy (non-hydrogen) atoms. The number of carbonyl (C=O) groups excluding carboxylic acids is 2. The SMILES string of the molecule is CCc1ccccc1NC(=O)Cc1csc(NC(=O)Nc2ccccc2)n1. The Labute approximate surface area is 161 Å². The van der Waals surface area contributed by atoms with E-state index in [-0.39, 0.29) is 18.4 Å². The number of carbonyl (C=O) groups is 2. The summed E-state index contributed by atoms with van der Waals surface area (Å²) >= 11 is 1.28. The highest BCUT2D eigenvalue weighted by molar-refractivity contribution is 7.14. The number of nitrogens with one attached hydrogen (secondary N) is 3. The molecule has 0 spiro atoms. The minimum Gasteiger partial charge on any atom is -0.325 e. The molecule has 3 rings (SSSR count). The number of thiazole rings is 1. The molecule has 0 radical (unpaired) electrons. The second-order valence-corrected chi connectivity index (χ2v) is 6.68. The molecule has 3 N–H and O–H groups in total. The molecule has 1 heterocycles. The van der Waals surface area contributed by atoms with Crippen LogP contribution < -0.4 is 16.0 Å². The Morgan fingerprint density at radius 3 is 2.48 bits per heavy atom. The number of benzene rings is 2. The summed E-state index contributed by atoms with van der Waals surface area (Å²) in [6, 6.07) is 16.5. The summed E-state index contributed by atoms with van der Waals surface area (Å²) in [5.41, 5.74) is 3.21. The van der Waals surface area contributed by atoms with Crippen LogP contribution in [-0.2, 0) is 17.6 Å². The molecule has 6 nitrogen and oxygen atoms in total. The highest BCUT2D eigenvalue weighted by atomic mass is 32.1. The van der Waals surface area contributed by atoms with Gasteiger partial charge in [0.05, 0.1) is 12.1 Å². The van der Waals surface area contributed by atoms with Gasteiger partial charge < -0.3 is 10.6 Å². The van der Waals surface area contributed by atoms with Crippen molar-refractivity contribution >= 4 is 39.8 Å². The lowest BCUT2D eigenvalue weighted by molar-refractivity contribution is -0.115. The molecule has 3 aromatic rings. The van der Waals surface area contributed by atoms with E-state index in [1.165, 1.54) is 11.3 Å². The number of amides is 3. The average molecular weight is 380 g/mol. The van der Waals surface area contributed by atoms with Crippen molar-refractivity contribution in [1.82, 2.24) is 4.98 Å². The zero-order valence-electron chi connectivity index (χ0n) is 14.9. The quantitative estimate of drug-likeness (QED) is 0.587. The van der Waals surface area contributed by atoms with Crippen LogP contribution in [0.1, 0.15) is 18.2 Å². The number of para-hydroxylation sites is 2. The largest absolute Gasteiger partial charge is 0.325 e. The van der Waals surface area contributed by atoms with Crippen molar-refractivity contribution < 1.29 is 9.59 Å². The van der Waals surface area contributed by atoms with Gasteiger partial charge in [0, 0.05) is 16.8 Å². The van der Waals surface area contributed by atoms with Gasteiger partial charge in [0.2, 0.25) is 5.91 Å². The topological polar surface area (TPSA) is 83.1 Å². The van der Waals surface area contributed by atoms with Gasteiger partial charge in [-0.3, -0.25) is 10.1 Å². The van der Waals surface area contributed by atoms with Crippen molar-refractivity contribution in [2.24, 2.45) is 0 Å². The lowest BCUT2D eigenvalue weighted by Crippen LogP contribution is -2.19. The lowest BCUT2D eigenvalue weighted by Gasteiger charge is -2.08. The first-order chi connectivity index (χ1) is 13.1. The third kappa shape index (κ3) is 5.39. The summed E-state index contributed by atoms with van der Waals surface area (Å²) in [5, 5.41) is 10.5. The Morgan fingerprint density at radius 2 is 1.70 bits per heavy atom. The van der Waals surface area contributed by atoms with Crippen molar-refractivity contribution in [3.8, 4) is 0 Å². The van der Waals surface area contributed by atoms with Crippen LogP contribution in [0.25, 0.3) is 0 Å². The Hall–Kier alpha value is -3.19. The second kappa shape index (κ2) is 8.95. The van der Waals surface area contributed by atoms with Crippen molar-refractivity contribution in [1.29, 1.82) is 0 Å². The van der Waals surface area contributed by atoms with Gasteiger partial charge in [-0.15, -0.1) is 11.3 Å². The highest BCUT2D eigenvalue weighted by Crippen LogP contribution is 2.18. The predicted molar refractivity (Wildman–Crippen MR) is 109 cm³/mol. The van der Waals surface area contributed by atoms with Crippen molar-refractivity contribution in [3.63, 3.8) is 0 Å². The molecule has 0 aliphatic heterocycles. The maximum Gasteiger partial charge on any atom is 0.325 e. The molecule has 0 saturated carbocycles. The Morgan fingerprint density at radius 1 is 0.963 bits per heavy atom. The molecule has 1 aromatic heterocycles. The predicted octanol–water partition coefficient (Wildman–Crippen LogP) is 4.53. The van der Waals surface area contributed by atoms with E-state index >= 15 is 0 Å². The number of rotatable bonds is 6. The summed E-state index contributed by atoms with van der Waals surface area (Å²) in [6.07, 6.45) is 0.994. The third-order valence-electron chi connectivity index (χ3n) is 3.82. The molecule has 0 unspecified atom stereocenters. The molecule has 3 amide bonds. The Balaban J connectivity index is 1.54. The summed E-state index contributed by atoms with van der Waals surface area (Å²) < 4.78 is 0. The highest BCUT2D eigenvalue weighted by Gasteiger charge is 2.11. The summed E-state index contributed by atoms with van der Waals surface area (Å²) in [4.78, 5) is 28.6. The van der Waals surface area contributed by atoms with Crippen molar-refractivity contribution in [2.45, 2.75) is 19.8 Å². The molecule has 7 heteroatoms. The fraction of sp³-hybridized carbons (Fsp3) is 0.150. The molecule has 0 aliphatic carbocycles. The van der Waals surface area contributed by atoms with Crippen LogP contribution in [0.4, 0.5) is 21.3 Å². The van der Waals surface area contributed by atoms with Gasteiger partial charge in [-0.25, -0.2) is 9.78 Å². The smallest absolute Gasteiger partial charge is 0.325 e. The van der Waals surface area contributed by atoms with Crippen LogP contribution in [0.5, 0.6) is 0 Å². The van der Waals surface area contributed by atoms with Crippen LogP contribution in [0, 0.1) is 0 Å². The number of hydrogen-bond donors (Lipinski definition) is 3. The van der Waals surface area contributed by atoms with Crippen LogP contribution in [0.15, 0.2) is 60.0 Å². The number of aryl methyl sites for hydroxylation is 1. The van der Waals surface area contributed by atoms with E-state index in [2.05, 4.69) is 20.9 Å². The van der Waals surface area contributed by atoms with E-state index in [9.17, 15) is 9.59 Å². The second-order valence-electron chi connectivity index (χ2n) is 5.82. The van der Waals surface area contributed by atoms with E-state index in [0.29, 0.717) is 16.5 Å². The lowest BCUT2D eigenvalue weighted by atomic mass is 10.1. The van der Waals surface area contributed by atoms with Crippen LogP contribution in [-0.4, -0.2) is 16.9 Å². The third-order valence-corrected chi connectivity index (χ3v) is 4.62. The Kier molecular flexibility index (Phi) is 6.17. The molecule has 0 saturated heterocycles. The van der Waals surface area contributed by atoms with Crippen molar-refractivity contribution in [3.05, 3.63) is 71.2 Å². The number of urea groups is 1. The zero-order chi connectivity index (χ0) is 19.1.